The number of benzene rings is 1. The van der Waals surface area contributed by atoms with Gasteiger partial charge in [-0.2, -0.15) is 5.10 Å². The van der Waals surface area contributed by atoms with Gasteiger partial charge in [-0.3, -0.25) is 9.58 Å². The second-order valence-corrected chi connectivity index (χ2v) is 6.83. The Labute approximate surface area is 148 Å². The summed E-state index contributed by atoms with van der Waals surface area (Å²) in [5.74, 6) is 0. The molecule has 6 nitrogen and oxygen atoms in total. The van der Waals surface area contributed by atoms with Gasteiger partial charge in [0, 0.05) is 30.9 Å². The Kier molecular flexibility index (Phi) is 4.13. The summed E-state index contributed by atoms with van der Waals surface area (Å²) in [4.78, 5) is 2.51. The Bertz CT molecular complexity index is 863. The van der Waals surface area contributed by atoms with E-state index in [1.165, 1.54) is 24.1 Å². The topological polar surface area (TPSA) is 51.8 Å². The average Bonchev–Trinajstić information content (AvgIpc) is 3.31. The van der Waals surface area contributed by atoms with E-state index in [1.54, 1.807) is 0 Å². The monoisotopic (exact) mass is 336 g/mol. The smallest absolute Gasteiger partial charge is 0.0972 e. The Morgan fingerprint density at radius 2 is 1.96 bits per heavy atom. The van der Waals surface area contributed by atoms with E-state index in [9.17, 15) is 0 Å². The number of hydrogen-bond donors (Lipinski definition) is 0. The summed E-state index contributed by atoms with van der Waals surface area (Å²) in [5, 5.41) is 13.3. The van der Waals surface area contributed by atoms with Gasteiger partial charge in [0.15, 0.2) is 0 Å². The predicted molar refractivity (Wildman–Crippen MR) is 96.4 cm³/mol. The molecule has 0 radical (unpaired) electrons. The van der Waals surface area contributed by atoms with Crippen molar-refractivity contribution in [1.82, 2.24) is 29.7 Å². The minimum Gasteiger partial charge on any atom is -0.290 e. The SMILES string of the molecule is Cc1nn(C)c(C)c1C1CCCN1Cc1cn(-c2ccccc2)nn1. The highest BCUT2D eigenvalue weighted by Crippen LogP contribution is 2.36. The molecule has 3 aromatic rings. The van der Waals surface area contributed by atoms with Crippen molar-refractivity contribution in [2.45, 2.75) is 39.3 Å². The maximum atomic E-state index is 4.60. The molecule has 1 atom stereocenters. The first-order valence-corrected chi connectivity index (χ1v) is 8.84. The molecule has 130 valence electrons. The van der Waals surface area contributed by atoms with Crippen LogP contribution in [0.1, 0.15) is 41.5 Å². The van der Waals surface area contributed by atoms with Crippen molar-refractivity contribution in [2.75, 3.05) is 6.54 Å². The van der Waals surface area contributed by atoms with E-state index < -0.39 is 0 Å². The molecule has 6 heteroatoms. The van der Waals surface area contributed by atoms with E-state index in [2.05, 4.69) is 34.2 Å². The number of para-hydroxylation sites is 1. The van der Waals surface area contributed by atoms with Gasteiger partial charge in [-0.15, -0.1) is 5.10 Å². The summed E-state index contributed by atoms with van der Waals surface area (Å²) >= 11 is 0. The quantitative estimate of drug-likeness (QED) is 0.735. The van der Waals surface area contributed by atoms with Crippen LogP contribution in [-0.4, -0.2) is 36.2 Å². The van der Waals surface area contributed by atoms with Crippen LogP contribution in [-0.2, 0) is 13.6 Å². The highest BCUT2D eigenvalue weighted by molar-refractivity contribution is 5.31. The van der Waals surface area contributed by atoms with Crippen LogP contribution < -0.4 is 0 Å². The largest absolute Gasteiger partial charge is 0.290 e. The van der Waals surface area contributed by atoms with Crippen LogP contribution in [0.15, 0.2) is 36.5 Å². The Morgan fingerprint density at radius 3 is 2.68 bits per heavy atom. The van der Waals surface area contributed by atoms with Gasteiger partial charge in [0.1, 0.15) is 0 Å². The van der Waals surface area contributed by atoms with Crippen molar-refractivity contribution < 1.29 is 0 Å². The Morgan fingerprint density at radius 1 is 1.16 bits per heavy atom. The zero-order chi connectivity index (χ0) is 17.4. The third kappa shape index (κ3) is 2.98. The molecule has 4 rings (SSSR count). The lowest BCUT2D eigenvalue weighted by atomic mass is 10.0. The van der Waals surface area contributed by atoms with E-state index in [-0.39, 0.29) is 0 Å². The predicted octanol–water partition coefficient (Wildman–Crippen LogP) is 2.95. The molecule has 0 bridgehead atoms. The number of aromatic nitrogens is 5. The van der Waals surface area contributed by atoms with Crippen LogP contribution in [0.25, 0.3) is 5.69 Å². The number of likely N-dealkylation sites (tertiary alicyclic amines) is 1. The van der Waals surface area contributed by atoms with Crippen LogP contribution in [0.3, 0.4) is 0 Å². The molecular formula is C19H24N6. The summed E-state index contributed by atoms with van der Waals surface area (Å²) in [6.07, 6.45) is 4.43. The van der Waals surface area contributed by atoms with Gasteiger partial charge in [-0.25, -0.2) is 4.68 Å². The summed E-state index contributed by atoms with van der Waals surface area (Å²) < 4.78 is 3.84. The molecule has 1 fully saturated rings. The third-order valence-corrected chi connectivity index (χ3v) is 5.19. The van der Waals surface area contributed by atoms with Gasteiger partial charge in [-0.05, 0) is 45.4 Å². The van der Waals surface area contributed by atoms with Gasteiger partial charge in [-0.1, -0.05) is 23.4 Å². The van der Waals surface area contributed by atoms with Crippen molar-refractivity contribution in [2.24, 2.45) is 7.05 Å². The molecule has 1 aliphatic heterocycles. The second kappa shape index (κ2) is 6.44. The highest BCUT2D eigenvalue weighted by Gasteiger charge is 2.30. The maximum Gasteiger partial charge on any atom is 0.0972 e. The molecule has 0 aliphatic carbocycles. The van der Waals surface area contributed by atoms with Crippen molar-refractivity contribution in [3.8, 4) is 5.69 Å². The average molecular weight is 336 g/mol. The lowest BCUT2D eigenvalue weighted by molar-refractivity contribution is 0.244. The van der Waals surface area contributed by atoms with Gasteiger partial charge in [0.25, 0.3) is 0 Å². The van der Waals surface area contributed by atoms with E-state index >= 15 is 0 Å². The molecule has 1 unspecified atom stereocenters. The molecule has 1 aromatic carbocycles. The summed E-state index contributed by atoms with van der Waals surface area (Å²) in [6, 6.07) is 10.5. The third-order valence-electron chi connectivity index (χ3n) is 5.19. The molecule has 0 spiro atoms. The van der Waals surface area contributed by atoms with E-state index in [0.29, 0.717) is 6.04 Å². The van der Waals surface area contributed by atoms with Crippen LogP contribution in [0.5, 0.6) is 0 Å². The fraction of sp³-hybridized carbons (Fsp3) is 0.421. The van der Waals surface area contributed by atoms with Crippen molar-refractivity contribution in [3.63, 3.8) is 0 Å². The molecule has 0 saturated carbocycles. The fourth-order valence-electron chi connectivity index (χ4n) is 3.90. The number of nitrogens with zero attached hydrogens (tertiary/aromatic N) is 6. The van der Waals surface area contributed by atoms with Crippen molar-refractivity contribution >= 4 is 0 Å². The molecule has 0 N–H and O–H groups in total. The Balaban J connectivity index is 1.55. The van der Waals surface area contributed by atoms with Crippen LogP contribution in [0, 0.1) is 13.8 Å². The zero-order valence-electron chi connectivity index (χ0n) is 15.1. The van der Waals surface area contributed by atoms with Crippen molar-refractivity contribution in [1.29, 1.82) is 0 Å². The van der Waals surface area contributed by atoms with Gasteiger partial charge >= 0.3 is 0 Å². The molecule has 1 saturated heterocycles. The minimum absolute atomic E-state index is 0.426. The summed E-state index contributed by atoms with van der Waals surface area (Å²) in [5.41, 5.74) is 5.84. The standard InChI is InChI=1S/C19H24N6/c1-14-19(15(2)23(3)21-14)18-10-7-11-24(18)12-16-13-25(22-20-16)17-8-5-4-6-9-17/h4-6,8-9,13,18H,7,10-12H2,1-3H3. The maximum absolute atomic E-state index is 4.60. The first kappa shape index (κ1) is 16.0. The van der Waals surface area contributed by atoms with E-state index in [1.807, 2.05) is 52.9 Å². The minimum atomic E-state index is 0.426. The van der Waals surface area contributed by atoms with Gasteiger partial charge in [0.2, 0.25) is 0 Å². The van der Waals surface area contributed by atoms with Crippen LogP contribution in [0.4, 0.5) is 0 Å². The molecule has 3 heterocycles. The lowest BCUT2D eigenvalue weighted by Gasteiger charge is -2.24. The molecule has 0 amide bonds. The number of hydrogen-bond acceptors (Lipinski definition) is 4. The van der Waals surface area contributed by atoms with Gasteiger partial charge in [0.05, 0.1) is 23.3 Å². The molecule has 1 aliphatic rings. The van der Waals surface area contributed by atoms with E-state index in [4.69, 9.17) is 0 Å². The first-order chi connectivity index (χ1) is 12.1. The second-order valence-electron chi connectivity index (χ2n) is 6.83. The number of rotatable bonds is 4. The van der Waals surface area contributed by atoms with Gasteiger partial charge < -0.3 is 0 Å². The van der Waals surface area contributed by atoms with Crippen molar-refractivity contribution in [3.05, 3.63) is 59.2 Å². The highest BCUT2D eigenvalue weighted by atomic mass is 15.4. The fourth-order valence-corrected chi connectivity index (χ4v) is 3.90. The lowest BCUT2D eigenvalue weighted by Crippen LogP contribution is -2.23. The van der Waals surface area contributed by atoms with Crippen LogP contribution in [0.2, 0.25) is 0 Å². The summed E-state index contributed by atoms with van der Waals surface area (Å²) in [7, 11) is 2.02. The summed E-state index contributed by atoms with van der Waals surface area (Å²) in [6.45, 7) is 6.20. The normalized spacial score (nSPS) is 18.1. The number of aryl methyl sites for hydroxylation is 2. The molecule has 25 heavy (non-hydrogen) atoms. The first-order valence-electron chi connectivity index (χ1n) is 8.84. The molecular weight excluding hydrogens is 312 g/mol. The van der Waals surface area contributed by atoms with Crippen LogP contribution >= 0.6 is 0 Å². The Hall–Kier alpha value is -2.47. The zero-order valence-corrected chi connectivity index (χ0v) is 15.1. The molecule has 2 aromatic heterocycles. The van der Waals surface area contributed by atoms with E-state index in [0.717, 1.165) is 30.2 Å².